The number of para-hydroxylation sites is 1. The molecule has 0 unspecified atom stereocenters. The molecule has 4 heteroatoms. The summed E-state index contributed by atoms with van der Waals surface area (Å²) in [5.41, 5.74) is 1.51. The Balaban J connectivity index is 1.60. The van der Waals surface area contributed by atoms with E-state index in [1.54, 1.807) is 11.9 Å². The van der Waals surface area contributed by atoms with Crippen LogP contribution in [0.5, 0.6) is 0 Å². The molecule has 0 saturated heterocycles. The normalized spacial score (nSPS) is 18.5. The predicted molar refractivity (Wildman–Crippen MR) is 103 cm³/mol. The van der Waals surface area contributed by atoms with E-state index < -0.39 is 0 Å². The van der Waals surface area contributed by atoms with Crippen LogP contribution in [0.15, 0.2) is 65.1 Å². The van der Waals surface area contributed by atoms with Gasteiger partial charge in [0.1, 0.15) is 0 Å². The molecule has 0 bridgehead atoms. The summed E-state index contributed by atoms with van der Waals surface area (Å²) in [5, 5.41) is 2.95. The molecule has 0 radical (unpaired) electrons. The van der Waals surface area contributed by atoms with Crippen molar-refractivity contribution < 1.29 is 4.79 Å². The first-order valence-corrected chi connectivity index (χ1v) is 9.49. The lowest BCUT2D eigenvalue weighted by Gasteiger charge is -2.22. The molecule has 2 aliphatic rings. The summed E-state index contributed by atoms with van der Waals surface area (Å²) in [6.45, 7) is 0. The van der Waals surface area contributed by atoms with Crippen molar-refractivity contribution in [2.45, 2.75) is 44.6 Å². The zero-order valence-corrected chi connectivity index (χ0v) is 14.6. The van der Waals surface area contributed by atoms with Crippen molar-refractivity contribution in [3.8, 4) is 0 Å². The molecule has 1 fully saturated rings. The third kappa shape index (κ3) is 5.11. The highest BCUT2D eigenvalue weighted by Gasteiger charge is 2.15. The zero-order valence-electron chi connectivity index (χ0n) is 13.8. The van der Waals surface area contributed by atoms with Crippen LogP contribution in [0.2, 0.25) is 0 Å². The molecule has 1 aromatic carbocycles. The number of carbonyl (C=O) groups excluding carboxylic acids is 1. The van der Waals surface area contributed by atoms with Gasteiger partial charge in [-0.25, -0.2) is 0 Å². The molecule has 2 N–H and O–H groups in total. The molecule has 2 aliphatic carbocycles. The van der Waals surface area contributed by atoms with Crippen LogP contribution in [0, 0.1) is 0 Å². The molecule has 126 valence electrons. The maximum absolute atomic E-state index is 12.5. The Kier molecular flexibility index (Phi) is 6.33. The zero-order chi connectivity index (χ0) is 16.6. The van der Waals surface area contributed by atoms with Crippen LogP contribution in [-0.2, 0) is 4.79 Å². The molecule has 3 rings (SSSR count). The van der Waals surface area contributed by atoms with E-state index >= 15 is 0 Å². The molecule has 0 spiro atoms. The van der Waals surface area contributed by atoms with Crippen molar-refractivity contribution in [2.24, 2.45) is 0 Å². The van der Waals surface area contributed by atoms with Crippen LogP contribution in [0.25, 0.3) is 0 Å². The van der Waals surface area contributed by atoms with E-state index in [4.69, 9.17) is 0 Å². The standard InChI is InChI=1S/C20H24N2OS/c23-20(21-17-10-3-1-4-11-17)16-9-7-8-14-19(15-16)24-22-18-12-5-2-6-13-18/h1,3-4,7-11,15,18,22H,2,5-6,12-14H2,(H,21,23). The van der Waals surface area contributed by atoms with Gasteiger partial charge in [-0.15, -0.1) is 0 Å². The summed E-state index contributed by atoms with van der Waals surface area (Å²) in [7, 11) is 0. The quantitative estimate of drug-likeness (QED) is 0.744. The highest BCUT2D eigenvalue weighted by atomic mass is 32.2. The van der Waals surface area contributed by atoms with Crippen molar-refractivity contribution in [2.75, 3.05) is 5.32 Å². The molecule has 3 nitrogen and oxygen atoms in total. The Morgan fingerprint density at radius 1 is 1.08 bits per heavy atom. The van der Waals surface area contributed by atoms with Crippen molar-refractivity contribution in [3.63, 3.8) is 0 Å². The van der Waals surface area contributed by atoms with E-state index in [9.17, 15) is 4.79 Å². The Labute approximate surface area is 148 Å². The third-order valence-electron chi connectivity index (χ3n) is 4.30. The van der Waals surface area contributed by atoms with Crippen molar-refractivity contribution >= 4 is 23.5 Å². The van der Waals surface area contributed by atoms with E-state index in [2.05, 4.69) is 16.1 Å². The second kappa shape index (κ2) is 8.90. The molecule has 0 aromatic heterocycles. The molecule has 1 aromatic rings. The van der Waals surface area contributed by atoms with Crippen LogP contribution in [0.1, 0.15) is 38.5 Å². The average molecular weight is 340 g/mol. The SMILES string of the molecule is O=C(Nc1ccccc1)C1=CC=CCC(SNC2CCCCC2)=C1. The van der Waals surface area contributed by atoms with Gasteiger partial charge in [-0.05, 0) is 55.5 Å². The summed E-state index contributed by atoms with van der Waals surface area (Å²) in [6, 6.07) is 10.2. The number of benzene rings is 1. The predicted octanol–water partition coefficient (Wildman–Crippen LogP) is 4.97. The fraction of sp³-hybridized carbons (Fsp3) is 0.350. The monoisotopic (exact) mass is 340 g/mol. The van der Waals surface area contributed by atoms with Gasteiger partial charge < -0.3 is 5.32 Å². The third-order valence-corrected chi connectivity index (χ3v) is 5.30. The number of anilines is 1. The van der Waals surface area contributed by atoms with E-state index in [1.807, 2.05) is 48.6 Å². The minimum Gasteiger partial charge on any atom is -0.322 e. The van der Waals surface area contributed by atoms with E-state index in [1.165, 1.54) is 37.0 Å². The molecule has 24 heavy (non-hydrogen) atoms. The van der Waals surface area contributed by atoms with Crippen LogP contribution in [0.4, 0.5) is 5.69 Å². The van der Waals surface area contributed by atoms with Crippen LogP contribution in [-0.4, -0.2) is 11.9 Å². The van der Waals surface area contributed by atoms with Gasteiger partial charge in [0, 0.05) is 22.2 Å². The van der Waals surface area contributed by atoms with E-state index in [0.29, 0.717) is 11.6 Å². The second-order valence-electron chi connectivity index (χ2n) is 6.24. The van der Waals surface area contributed by atoms with Gasteiger partial charge in [0.2, 0.25) is 0 Å². The number of hydrogen-bond acceptors (Lipinski definition) is 3. The molecule has 1 amide bonds. The fourth-order valence-corrected chi connectivity index (χ4v) is 3.87. The maximum Gasteiger partial charge on any atom is 0.255 e. The molecule has 0 atom stereocenters. The van der Waals surface area contributed by atoms with Gasteiger partial charge in [-0.1, -0.05) is 49.6 Å². The maximum atomic E-state index is 12.5. The molecule has 0 heterocycles. The lowest BCUT2D eigenvalue weighted by Crippen LogP contribution is -2.25. The number of carbonyl (C=O) groups is 1. The van der Waals surface area contributed by atoms with Crippen molar-refractivity contribution in [1.29, 1.82) is 0 Å². The van der Waals surface area contributed by atoms with Crippen LogP contribution >= 0.6 is 11.9 Å². The smallest absolute Gasteiger partial charge is 0.255 e. The number of amides is 1. The van der Waals surface area contributed by atoms with E-state index in [-0.39, 0.29) is 5.91 Å². The number of rotatable bonds is 5. The van der Waals surface area contributed by atoms with Gasteiger partial charge >= 0.3 is 0 Å². The Hall–Kier alpha value is -1.78. The topological polar surface area (TPSA) is 41.1 Å². The number of hydrogen-bond donors (Lipinski definition) is 2. The molecule has 1 saturated carbocycles. The van der Waals surface area contributed by atoms with Crippen LogP contribution < -0.4 is 10.0 Å². The van der Waals surface area contributed by atoms with Crippen molar-refractivity contribution in [3.05, 3.63) is 65.1 Å². The van der Waals surface area contributed by atoms with Crippen LogP contribution in [0.3, 0.4) is 0 Å². The van der Waals surface area contributed by atoms with Crippen molar-refractivity contribution in [1.82, 2.24) is 4.72 Å². The van der Waals surface area contributed by atoms with Gasteiger partial charge in [-0.2, -0.15) is 0 Å². The number of allylic oxidation sites excluding steroid dienone is 4. The molecular weight excluding hydrogens is 316 g/mol. The first-order valence-electron chi connectivity index (χ1n) is 8.67. The highest BCUT2D eigenvalue weighted by molar-refractivity contribution is 8.01. The van der Waals surface area contributed by atoms with Gasteiger partial charge in [0.25, 0.3) is 5.91 Å². The first kappa shape index (κ1) is 17.1. The minimum atomic E-state index is -0.0662. The van der Waals surface area contributed by atoms with E-state index in [0.717, 1.165) is 12.1 Å². The lowest BCUT2D eigenvalue weighted by molar-refractivity contribution is -0.112. The minimum absolute atomic E-state index is 0.0662. The van der Waals surface area contributed by atoms with Gasteiger partial charge in [0.05, 0.1) is 0 Å². The number of nitrogens with one attached hydrogen (secondary N) is 2. The average Bonchev–Trinajstić information content (AvgIpc) is 2.87. The lowest BCUT2D eigenvalue weighted by atomic mass is 9.96. The highest BCUT2D eigenvalue weighted by Crippen LogP contribution is 2.26. The summed E-state index contributed by atoms with van der Waals surface area (Å²) < 4.78 is 3.58. The molecular formula is C20H24N2OS. The molecule has 0 aliphatic heterocycles. The Bertz CT molecular complexity index is 643. The Morgan fingerprint density at radius 3 is 2.67 bits per heavy atom. The summed E-state index contributed by atoms with van der Waals surface area (Å²) in [4.78, 5) is 13.7. The summed E-state index contributed by atoms with van der Waals surface area (Å²) in [5.74, 6) is -0.0662. The second-order valence-corrected chi connectivity index (χ2v) is 7.20. The first-order chi connectivity index (χ1) is 11.8. The van der Waals surface area contributed by atoms with Gasteiger partial charge in [0.15, 0.2) is 0 Å². The Morgan fingerprint density at radius 2 is 1.88 bits per heavy atom. The van der Waals surface area contributed by atoms with Gasteiger partial charge in [-0.3, -0.25) is 9.52 Å². The summed E-state index contributed by atoms with van der Waals surface area (Å²) >= 11 is 1.68. The largest absolute Gasteiger partial charge is 0.322 e. The fourth-order valence-electron chi connectivity index (χ4n) is 2.95. The summed E-state index contributed by atoms with van der Waals surface area (Å²) in [6.07, 6.45) is 15.3.